The van der Waals surface area contributed by atoms with Crippen molar-refractivity contribution in [3.8, 4) is 17.7 Å². The van der Waals surface area contributed by atoms with Crippen LogP contribution in [0.15, 0.2) is 47.8 Å². The van der Waals surface area contributed by atoms with Crippen molar-refractivity contribution in [1.82, 2.24) is 15.0 Å². The highest BCUT2D eigenvalue weighted by molar-refractivity contribution is 7.92. The molecule has 1 aliphatic heterocycles. The Balaban J connectivity index is 1.66. The molecule has 3 heterocycles. The molecule has 1 N–H and O–H groups in total. The van der Waals surface area contributed by atoms with Gasteiger partial charge in [0, 0.05) is 29.9 Å². The Kier molecular flexibility index (Phi) is 7.17. The van der Waals surface area contributed by atoms with Crippen LogP contribution in [0.25, 0.3) is 0 Å². The molecule has 9 nitrogen and oxygen atoms in total. The molecule has 0 atom stereocenters. The minimum atomic E-state index is -3.89. The Hall–Kier alpha value is -3.39. The Morgan fingerprint density at radius 2 is 1.85 bits per heavy atom. The van der Waals surface area contributed by atoms with E-state index in [0.29, 0.717) is 42.5 Å². The molecule has 4 rings (SSSR count). The second-order valence-electron chi connectivity index (χ2n) is 7.35. The van der Waals surface area contributed by atoms with Crippen LogP contribution in [-0.4, -0.2) is 56.8 Å². The zero-order valence-electron chi connectivity index (χ0n) is 18.6. The first kappa shape index (κ1) is 23.8. The van der Waals surface area contributed by atoms with Gasteiger partial charge in [0.15, 0.2) is 0 Å². The molecule has 2 aromatic heterocycles. The summed E-state index contributed by atoms with van der Waals surface area (Å²) in [6, 6.07) is 7.41. The quantitative estimate of drug-likeness (QED) is 0.534. The SMILES string of the molecule is COc1ncc(C#Cc2c(C)ncnc2N2CCOCC2)cc1NS(=O)(=O)c1ccc(Cl)cc1. The van der Waals surface area contributed by atoms with Gasteiger partial charge in [-0.05, 0) is 37.3 Å². The topological polar surface area (TPSA) is 107 Å². The third kappa shape index (κ3) is 5.39. The number of hydrogen-bond donors (Lipinski definition) is 1. The lowest BCUT2D eigenvalue weighted by molar-refractivity contribution is 0.122. The molecular formula is C23H22ClN5O4S. The molecule has 0 saturated carbocycles. The lowest BCUT2D eigenvalue weighted by Crippen LogP contribution is -2.37. The molecule has 0 amide bonds. The Bertz CT molecular complexity index is 1350. The van der Waals surface area contributed by atoms with Gasteiger partial charge in [0.2, 0.25) is 5.88 Å². The second-order valence-corrected chi connectivity index (χ2v) is 9.47. The standard InChI is InChI=1S/C23H22ClN5O4S/c1-16-20(22(27-15-26-16)29-9-11-33-12-10-29)8-3-17-13-21(23(32-2)25-14-17)28-34(30,31)19-6-4-18(24)5-7-19/h4-7,13-15,28H,9-12H2,1-2H3. The molecule has 0 spiro atoms. The molecule has 0 unspecified atom stereocenters. The van der Waals surface area contributed by atoms with Crippen LogP contribution >= 0.6 is 11.6 Å². The van der Waals surface area contributed by atoms with E-state index in [4.69, 9.17) is 21.1 Å². The third-order valence-electron chi connectivity index (χ3n) is 5.07. The summed E-state index contributed by atoms with van der Waals surface area (Å²) in [5, 5.41) is 0.437. The fourth-order valence-electron chi connectivity index (χ4n) is 3.33. The van der Waals surface area contributed by atoms with Crippen molar-refractivity contribution < 1.29 is 17.9 Å². The van der Waals surface area contributed by atoms with E-state index in [9.17, 15) is 8.42 Å². The van der Waals surface area contributed by atoms with Gasteiger partial charge < -0.3 is 14.4 Å². The Morgan fingerprint density at radius 1 is 1.12 bits per heavy atom. The van der Waals surface area contributed by atoms with Crippen LogP contribution in [0, 0.1) is 18.8 Å². The van der Waals surface area contributed by atoms with Crippen LogP contribution in [0.5, 0.6) is 5.88 Å². The first-order chi connectivity index (χ1) is 16.4. The van der Waals surface area contributed by atoms with Gasteiger partial charge in [-0.3, -0.25) is 4.72 Å². The van der Waals surface area contributed by atoms with Gasteiger partial charge in [0.05, 0.1) is 36.5 Å². The number of ether oxygens (including phenoxy) is 2. The largest absolute Gasteiger partial charge is 0.479 e. The Morgan fingerprint density at radius 3 is 2.56 bits per heavy atom. The normalized spacial score (nSPS) is 13.7. The first-order valence-corrected chi connectivity index (χ1v) is 12.2. The van der Waals surface area contributed by atoms with E-state index in [2.05, 4.69) is 36.4 Å². The highest BCUT2D eigenvalue weighted by atomic mass is 35.5. The van der Waals surface area contributed by atoms with E-state index in [-0.39, 0.29) is 16.5 Å². The number of pyridine rings is 1. The predicted octanol–water partition coefficient (Wildman–Crippen LogP) is 2.88. The molecule has 1 aromatic carbocycles. The van der Waals surface area contributed by atoms with Gasteiger partial charge in [-0.15, -0.1) is 0 Å². The van der Waals surface area contributed by atoms with E-state index in [1.165, 1.54) is 43.9 Å². The summed E-state index contributed by atoms with van der Waals surface area (Å²) in [5.74, 6) is 7.04. The van der Waals surface area contributed by atoms with E-state index < -0.39 is 10.0 Å². The van der Waals surface area contributed by atoms with Crippen LogP contribution < -0.4 is 14.4 Å². The molecule has 176 valence electrons. The van der Waals surface area contributed by atoms with Gasteiger partial charge in [0.1, 0.15) is 17.8 Å². The number of aromatic nitrogens is 3. The van der Waals surface area contributed by atoms with Crippen molar-refractivity contribution in [2.75, 3.05) is 43.0 Å². The molecule has 1 aliphatic rings. The molecule has 11 heteroatoms. The summed E-state index contributed by atoms with van der Waals surface area (Å²) in [6.07, 6.45) is 3.03. The monoisotopic (exact) mass is 499 g/mol. The maximum absolute atomic E-state index is 12.8. The minimum Gasteiger partial charge on any atom is -0.479 e. The average Bonchev–Trinajstić information content (AvgIpc) is 2.84. The summed E-state index contributed by atoms with van der Waals surface area (Å²) in [7, 11) is -2.48. The van der Waals surface area contributed by atoms with E-state index >= 15 is 0 Å². The molecule has 1 saturated heterocycles. The van der Waals surface area contributed by atoms with Gasteiger partial charge in [0.25, 0.3) is 10.0 Å². The lowest BCUT2D eigenvalue weighted by Gasteiger charge is -2.28. The van der Waals surface area contributed by atoms with Gasteiger partial charge in [-0.25, -0.2) is 23.4 Å². The van der Waals surface area contributed by atoms with Crippen molar-refractivity contribution in [3.05, 3.63) is 64.7 Å². The number of rotatable bonds is 5. The van der Waals surface area contributed by atoms with Crippen molar-refractivity contribution in [2.24, 2.45) is 0 Å². The number of nitrogens with one attached hydrogen (secondary N) is 1. The maximum Gasteiger partial charge on any atom is 0.262 e. The summed E-state index contributed by atoms with van der Waals surface area (Å²) in [6.45, 7) is 4.54. The van der Waals surface area contributed by atoms with Crippen molar-refractivity contribution in [1.29, 1.82) is 0 Å². The number of sulfonamides is 1. The van der Waals surface area contributed by atoms with Gasteiger partial charge >= 0.3 is 0 Å². The van der Waals surface area contributed by atoms with E-state index in [1.807, 2.05) is 6.92 Å². The molecule has 34 heavy (non-hydrogen) atoms. The minimum absolute atomic E-state index is 0.0580. The maximum atomic E-state index is 12.8. The molecule has 0 bridgehead atoms. The Labute approximate surface area is 203 Å². The molecule has 1 fully saturated rings. The fourth-order valence-corrected chi connectivity index (χ4v) is 4.50. The molecule has 0 radical (unpaired) electrons. The van der Waals surface area contributed by atoms with Crippen molar-refractivity contribution in [3.63, 3.8) is 0 Å². The summed E-state index contributed by atoms with van der Waals surface area (Å²) in [4.78, 5) is 15.1. The number of benzene rings is 1. The molecule has 3 aromatic rings. The predicted molar refractivity (Wildman–Crippen MR) is 129 cm³/mol. The number of halogens is 1. The van der Waals surface area contributed by atoms with Crippen LogP contribution in [0.1, 0.15) is 16.8 Å². The summed E-state index contributed by atoms with van der Waals surface area (Å²) in [5.41, 5.74) is 2.10. The van der Waals surface area contributed by atoms with Crippen molar-refractivity contribution in [2.45, 2.75) is 11.8 Å². The van der Waals surface area contributed by atoms with Crippen LogP contribution in [0.3, 0.4) is 0 Å². The zero-order chi connectivity index (χ0) is 24.1. The average molecular weight is 500 g/mol. The summed E-state index contributed by atoms with van der Waals surface area (Å²) >= 11 is 5.87. The highest BCUT2D eigenvalue weighted by Gasteiger charge is 2.19. The number of nitrogens with zero attached hydrogens (tertiary/aromatic N) is 4. The van der Waals surface area contributed by atoms with E-state index in [1.54, 1.807) is 6.07 Å². The number of aryl methyl sites for hydroxylation is 1. The van der Waals surface area contributed by atoms with Gasteiger partial charge in [-0.1, -0.05) is 23.4 Å². The van der Waals surface area contributed by atoms with Gasteiger partial charge in [-0.2, -0.15) is 0 Å². The number of methoxy groups -OCH3 is 1. The fraction of sp³-hybridized carbons (Fsp3) is 0.261. The third-order valence-corrected chi connectivity index (χ3v) is 6.71. The number of morpholine rings is 1. The lowest BCUT2D eigenvalue weighted by atomic mass is 10.2. The second kappa shape index (κ2) is 10.3. The van der Waals surface area contributed by atoms with Crippen LogP contribution in [-0.2, 0) is 14.8 Å². The molecular weight excluding hydrogens is 478 g/mol. The number of anilines is 2. The summed E-state index contributed by atoms with van der Waals surface area (Å²) < 4.78 is 38.8. The van der Waals surface area contributed by atoms with E-state index in [0.717, 1.165) is 11.5 Å². The smallest absolute Gasteiger partial charge is 0.262 e. The number of hydrogen-bond acceptors (Lipinski definition) is 8. The highest BCUT2D eigenvalue weighted by Crippen LogP contribution is 2.26. The molecule has 0 aliphatic carbocycles. The van der Waals surface area contributed by atoms with Crippen LogP contribution in [0.2, 0.25) is 5.02 Å². The first-order valence-electron chi connectivity index (χ1n) is 10.4. The zero-order valence-corrected chi connectivity index (χ0v) is 20.2. The van der Waals surface area contributed by atoms with Crippen LogP contribution in [0.4, 0.5) is 11.5 Å². The van der Waals surface area contributed by atoms with Crippen molar-refractivity contribution >= 4 is 33.1 Å².